The fraction of sp³-hybridized carbons (Fsp3) is 0.308. The van der Waals surface area contributed by atoms with Gasteiger partial charge in [-0.3, -0.25) is 9.36 Å². The average molecular weight is 564 g/mol. The first-order valence-corrected chi connectivity index (χ1v) is 12.2. The highest BCUT2D eigenvalue weighted by atomic mass is 35.5. The summed E-state index contributed by atoms with van der Waals surface area (Å²) in [4.78, 5) is 28.3. The van der Waals surface area contributed by atoms with Crippen molar-refractivity contribution < 1.29 is 27.0 Å². The van der Waals surface area contributed by atoms with E-state index in [0.29, 0.717) is 42.4 Å². The predicted molar refractivity (Wildman–Crippen MR) is 137 cm³/mol. The quantitative estimate of drug-likeness (QED) is 0.316. The van der Waals surface area contributed by atoms with Gasteiger partial charge in [0.25, 0.3) is 5.56 Å². The predicted octanol–water partition coefficient (Wildman–Crippen LogP) is 5.01. The molecule has 5 rings (SSSR count). The highest BCUT2D eigenvalue weighted by molar-refractivity contribution is 6.30. The molecule has 0 N–H and O–H groups in total. The molecule has 0 aliphatic carbocycles. The zero-order valence-electron chi connectivity index (χ0n) is 20.8. The number of rotatable bonds is 5. The van der Waals surface area contributed by atoms with E-state index in [1.54, 1.807) is 26.1 Å². The molecule has 1 atom stereocenters. The molecule has 4 heterocycles. The first-order chi connectivity index (χ1) is 18.5. The minimum Gasteiger partial charge on any atom is -0.468 e. The minimum atomic E-state index is -4.47. The molecule has 3 aromatic heterocycles. The first-order valence-electron chi connectivity index (χ1n) is 11.9. The number of ether oxygens (including phenoxy) is 2. The second-order valence-electron chi connectivity index (χ2n) is 9.01. The highest BCUT2D eigenvalue weighted by Gasteiger charge is 2.29. The molecule has 0 spiro atoms. The van der Waals surface area contributed by atoms with Crippen LogP contribution in [0, 0.1) is 12.7 Å². The summed E-state index contributed by atoms with van der Waals surface area (Å²) in [6.45, 7) is 1.33. The maximum Gasteiger partial charge on any atom is 0.422 e. The largest absolute Gasteiger partial charge is 0.468 e. The number of nitrogens with zero attached hydrogens (tertiary/aromatic N) is 5. The third-order valence-electron chi connectivity index (χ3n) is 6.36. The van der Waals surface area contributed by atoms with E-state index in [-0.39, 0.29) is 33.1 Å². The molecule has 8 nitrogen and oxygen atoms in total. The summed E-state index contributed by atoms with van der Waals surface area (Å²) in [6.07, 6.45) is -3.54. The van der Waals surface area contributed by atoms with Crippen LogP contribution in [-0.2, 0) is 11.8 Å². The van der Waals surface area contributed by atoms with Gasteiger partial charge in [-0.1, -0.05) is 11.6 Å². The van der Waals surface area contributed by atoms with Gasteiger partial charge in [0.2, 0.25) is 5.88 Å². The smallest absolute Gasteiger partial charge is 0.422 e. The fourth-order valence-electron chi connectivity index (χ4n) is 4.30. The van der Waals surface area contributed by atoms with E-state index in [9.17, 15) is 18.0 Å². The number of halogens is 5. The number of hydrogen-bond donors (Lipinski definition) is 0. The standard InChI is InChI=1S/C26H22ClF4N5O3/c1-14-33-19-10-21(34-24(23(19)25(37)35(14)2)17-5-4-16(27)9-18(17)28)36-7-8-38-20(12-36)15-3-6-22(32-11-15)39-13-26(29,30)31/h3-6,9-11,20H,7-8,12-13H2,1-2H3. The Morgan fingerprint density at radius 1 is 1.18 bits per heavy atom. The van der Waals surface area contributed by atoms with Crippen LogP contribution in [0.4, 0.5) is 23.4 Å². The molecule has 1 aliphatic rings. The summed E-state index contributed by atoms with van der Waals surface area (Å²) in [5.74, 6) is 0.150. The van der Waals surface area contributed by atoms with Gasteiger partial charge >= 0.3 is 6.18 Å². The second kappa shape index (κ2) is 10.4. The molecule has 1 aromatic carbocycles. The Balaban J connectivity index is 1.50. The number of morpholine rings is 1. The van der Waals surface area contributed by atoms with Gasteiger partial charge in [0.05, 0.1) is 23.2 Å². The van der Waals surface area contributed by atoms with Gasteiger partial charge in [0.1, 0.15) is 23.6 Å². The van der Waals surface area contributed by atoms with Crippen molar-refractivity contribution in [3.8, 4) is 17.1 Å². The normalized spacial score (nSPS) is 16.1. The topological polar surface area (TPSA) is 82.4 Å². The molecule has 4 aromatic rings. The van der Waals surface area contributed by atoms with E-state index >= 15 is 4.39 Å². The van der Waals surface area contributed by atoms with Crippen LogP contribution >= 0.6 is 11.6 Å². The van der Waals surface area contributed by atoms with Crippen molar-refractivity contribution in [2.24, 2.45) is 7.05 Å². The van der Waals surface area contributed by atoms with Crippen molar-refractivity contribution in [2.75, 3.05) is 31.2 Å². The molecule has 0 radical (unpaired) electrons. The number of pyridine rings is 2. The van der Waals surface area contributed by atoms with Crippen molar-refractivity contribution in [1.82, 2.24) is 19.5 Å². The molecule has 13 heteroatoms. The zero-order valence-corrected chi connectivity index (χ0v) is 21.6. The molecular formula is C26H22ClF4N5O3. The molecule has 1 aliphatic heterocycles. The highest BCUT2D eigenvalue weighted by Crippen LogP contribution is 2.33. The summed E-state index contributed by atoms with van der Waals surface area (Å²) in [7, 11) is 1.58. The second-order valence-corrected chi connectivity index (χ2v) is 9.45. The lowest BCUT2D eigenvalue weighted by Gasteiger charge is -2.34. The Morgan fingerprint density at radius 2 is 1.97 bits per heavy atom. The van der Waals surface area contributed by atoms with E-state index in [1.807, 2.05) is 4.90 Å². The van der Waals surface area contributed by atoms with E-state index < -0.39 is 24.7 Å². The van der Waals surface area contributed by atoms with Crippen LogP contribution in [0.3, 0.4) is 0 Å². The number of aryl methyl sites for hydroxylation is 1. The van der Waals surface area contributed by atoms with E-state index in [0.717, 1.165) is 6.07 Å². The molecule has 204 valence electrons. The number of anilines is 1. The van der Waals surface area contributed by atoms with Gasteiger partial charge in [-0.05, 0) is 31.2 Å². The number of benzene rings is 1. The Morgan fingerprint density at radius 3 is 2.67 bits per heavy atom. The SMILES string of the molecule is Cc1nc2cc(N3CCOC(c4ccc(OCC(F)(F)F)nc4)C3)nc(-c3ccc(Cl)cc3F)c2c(=O)n1C. The molecule has 1 saturated heterocycles. The van der Waals surface area contributed by atoms with Crippen LogP contribution < -0.4 is 15.2 Å². The van der Waals surface area contributed by atoms with Crippen LogP contribution in [0.25, 0.3) is 22.2 Å². The van der Waals surface area contributed by atoms with Crippen LogP contribution in [0.5, 0.6) is 5.88 Å². The van der Waals surface area contributed by atoms with Gasteiger partial charge in [-0.25, -0.2) is 19.3 Å². The lowest BCUT2D eigenvalue weighted by molar-refractivity contribution is -0.154. The zero-order chi connectivity index (χ0) is 27.9. The van der Waals surface area contributed by atoms with Crippen LogP contribution in [0.1, 0.15) is 17.5 Å². The Kier molecular flexibility index (Phi) is 7.17. The maximum absolute atomic E-state index is 15.0. The van der Waals surface area contributed by atoms with Gasteiger partial charge in [0, 0.05) is 54.6 Å². The Labute approximate surface area is 224 Å². The molecule has 0 saturated carbocycles. The van der Waals surface area contributed by atoms with Crippen molar-refractivity contribution in [3.05, 3.63) is 75.2 Å². The molecular weight excluding hydrogens is 542 g/mol. The fourth-order valence-corrected chi connectivity index (χ4v) is 4.46. The summed E-state index contributed by atoms with van der Waals surface area (Å²) < 4.78 is 64.2. The third-order valence-corrected chi connectivity index (χ3v) is 6.60. The van der Waals surface area contributed by atoms with Gasteiger partial charge in [-0.2, -0.15) is 13.2 Å². The lowest BCUT2D eigenvalue weighted by Crippen LogP contribution is -2.39. The first kappa shape index (κ1) is 26.8. The van der Waals surface area contributed by atoms with Crippen LogP contribution in [0.15, 0.2) is 47.4 Å². The summed E-state index contributed by atoms with van der Waals surface area (Å²) in [5.41, 5.74) is 0.880. The number of alkyl halides is 3. The lowest BCUT2D eigenvalue weighted by atomic mass is 10.1. The number of aromatic nitrogens is 4. The molecule has 0 bridgehead atoms. The Bertz CT molecular complexity index is 1590. The van der Waals surface area contributed by atoms with Crippen molar-refractivity contribution in [1.29, 1.82) is 0 Å². The summed E-state index contributed by atoms with van der Waals surface area (Å²) in [5, 5.41) is 0.384. The van der Waals surface area contributed by atoms with Crippen LogP contribution in [-0.4, -0.2) is 52.0 Å². The average Bonchev–Trinajstić information content (AvgIpc) is 2.90. The van der Waals surface area contributed by atoms with Gasteiger partial charge < -0.3 is 14.4 Å². The minimum absolute atomic E-state index is 0.109. The molecule has 0 amide bonds. The Hall–Kier alpha value is -3.77. The van der Waals surface area contributed by atoms with Crippen molar-refractivity contribution >= 4 is 28.3 Å². The van der Waals surface area contributed by atoms with Crippen molar-refractivity contribution in [3.63, 3.8) is 0 Å². The molecule has 1 fully saturated rings. The van der Waals surface area contributed by atoms with Gasteiger partial charge in [0.15, 0.2) is 6.61 Å². The summed E-state index contributed by atoms with van der Waals surface area (Å²) >= 11 is 5.95. The monoisotopic (exact) mass is 563 g/mol. The van der Waals surface area contributed by atoms with Gasteiger partial charge in [-0.15, -0.1) is 0 Å². The maximum atomic E-state index is 15.0. The summed E-state index contributed by atoms with van der Waals surface area (Å²) in [6, 6.07) is 8.76. The number of hydrogen-bond acceptors (Lipinski definition) is 7. The molecule has 39 heavy (non-hydrogen) atoms. The number of fused-ring (bicyclic) bond motifs is 1. The van der Waals surface area contributed by atoms with Crippen LogP contribution in [0.2, 0.25) is 5.02 Å². The molecule has 1 unspecified atom stereocenters. The van der Waals surface area contributed by atoms with E-state index in [1.165, 1.54) is 29.0 Å². The van der Waals surface area contributed by atoms with E-state index in [4.69, 9.17) is 21.3 Å². The third kappa shape index (κ3) is 5.66. The van der Waals surface area contributed by atoms with E-state index in [2.05, 4.69) is 14.7 Å². The van der Waals surface area contributed by atoms with Crippen molar-refractivity contribution in [2.45, 2.75) is 19.2 Å².